The van der Waals surface area contributed by atoms with E-state index in [1.165, 1.54) is 0 Å². The van der Waals surface area contributed by atoms with E-state index >= 15 is 0 Å². The van der Waals surface area contributed by atoms with E-state index in [-0.39, 0.29) is 6.42 Å². The van der Waals surface area contributed by atoms with Crippen molar-refractivity contribution in [2.45, 2.75) is 25.8 Å². The Labute approximate surface area is 105 Å². The average Bonchev–Trinajstić information content (AvgIpc) is 2.14. The molecule has 0 aliphatic heterocycles. The third kappa shape index (κ3) is 3.97. The predicted molar refractivity (Wildman–Crippen MR) is 67.7 cm³/mol. The Morgan fingerprint density at radius 2 is 2.24 bits per heavy atom. The summed E-state index contributed by atoms with van der Waals surface area (Å²) in [7, 11) is 0. The molecule has 3 N–H and O–H groups in total. The van der Waals surface area contributed by atoms with Crippen LogP contribution in [0.25, 0.3) is 0 Å². The summed E-state index contributed by atoms with van der Waals surface area (Å²) in [6, 6.07) is 6.99. The number of halogens is 1. The van der Waals surface area contributed by atoms with Gasteiger partial charge in [-0.2, -0.15) is 5.26 Å². The number of amides is 1. The fraction of sp³-hybridized carbons (Fsp3) is 0.333. The number of rotatable bonds is 4. The van der Waals surface area contributed by atoms with Crippen LogP contribution in [0.3, 0.4) is 0 Å². The van der Waals surface area contributed by atoms with Gasteiger partial charge in [0.05, 0.1) is 11.3 Å². The van der Waals surface area contributed by atoms with Crippen LogP contribution in [0.15, 0.2) is 18.2 Å². The fourth-order valence-electron chi connectivity index (χ4n) is 1.56. The molecular formula is C12H14ClN3O. The molecule has 0 fully saturated rings. The van der Waals surface area contributed by atoms with Crippen LogP contribution in [0.2, 0.25) is 5.02 Å². The molecule has 0 aliphatic carbocycles. The second kappa shape index (κ2) is 5.07. The van der Waals surface area contributed by atoms with Crippen LogP contribution in [-0.2, 0) is 4.79 Å². The molecule has 0 heterocycles. The number of hydrogen-bond acceptors (Lipinski definition) is 3. The van der Waals surface area contributed by atoms with E-state index in [2.05, 4.69) is 11.4 Å². The molecular weight excluding hydrogens is 238 g/mol. The molecule has 0 radical (unpaired) electrons. The predicted octanol–water partition coefficient (Wildman–Crippen LogP) is 2.28. The molecule has 1 amide bonds. The van der Waals surface area contributed by atoms with Crippen LogP contribution in [0.4, 0.5) is 5.69 Å². The zero-order valence-electron chi connectivity index (χ0n) is 9.75. The molecule has 0 saturated heterocycles. The van der Waals surface area contributed by atoms with E-state index in [0.29, 0.717) is 16.3 Å². The number of nitrogens with zero attached hydrogens (tertiary/aromatic N) is 1. The molecule has 0 spiro atoms. The van der Waals surface area contributed by atoms with Crippen LogP contribution in [0.1, 0.15) is 25.8 Å². The van der Waals surface area contributed by atoms with E-state index in [1.54, 1.807) is 18.2 Å². The number of nitrogens with two attached hydrogens (primary N) is 1. The molecule has 0 saturated carbocycles. The van der Waals surface area contributed by atoms with Crippen molar-refractivity contribution in [2.75, 3.05) is 5.32 Å². The molecule has 0 aromatic heterocycles. The third-order valence-electron chi connectivity index (χ3n) is 2.19. The number of carbonyl (C=O) groups is 1. The summed E-state index contributed by atoms with van der Waals surface area (Å²) in [5.41, 5.74) is 5.72. The number of primary amides is 1. The Balaban J connectivity index is 2.98. The van der Waals surface area contributed by atoms with Crippen LogP contribution in [0.5, 0.6) is 0 Å². The highest BCUT2D eigenvalue weighted by Crippen LogP contribution is 2.24. The first-order valence-corrected chi connectivity index (χ1v) is 5.48. The third-order valence-corrected chi connectivity index (χ3v) is 2.43. The summed E-state index contributed by atoms with van der Waals surface area (Å²) in [6.07, 6.45) is 0.171. The second-order valence-corrected chi connectivity index (χ2v) is 4.89. The van der Waals surface area contributed by atoms with Crippen molar-refractivity contribution < 1.29 is 4.79 Å². The Bertz CT molecular complexity index is 477. The lowest BCUT2D eigenvalue weighted by Crippen LogP contribution is -2.36. The van der Waals surface area contributed by atoms with Gasteiger partial charge in [0.1, 0.15) is 6.07 Å². The first kappa shape index (κ1) is 13.3. The van der Waals surface area contributed by atoms with Gasteiger partial charge < -0.3 is 11.1 Å². The van der Waals surface area contributed by atoms with Gasteiger partial charge in [0.2, 0.25) is 5.91 Å². The minimum absolute atomic E-state index is 0.171. The monoisotopic (exact) mass is 251 g/mol. The number of benzene rings is 1. The van der Waals surface area contributed by atoms with Gasteiger partial charge in [-0.3, -0.25) is 4.79 Å². The summed E-state index contributed by atoms with van der Waals surface area (Å²) in [6.45, 7) is 3.67. The average molecular weight is 252 g/mol. The number of anilines is 1. The standard InChI is InChI=1S/C12H14ClN3O/c1-12(2,6-11(15)17)16-10-5-9(13)4-3-8(10)7-14/h3-5,16H,6H2,1-2H3,(H2,15,17). The van der Waals surface area contributed by atoms with Crippen molar-refractivity contribution in [1.82, 2.24) is 0 Å². The first-order chi connectivity index (χ1) is 7.84. The maximum absolute atomic E-state index is 10.9. The van der Waals surface area contributed by atoms with E-state index in [0.717, 1.165) is 0 Å². The van der Waals surface area contributed by atoms with Gasteiger partial charge in [-0.05, 0) is 32.0 Å². The summed E-state index contributed by atoms with van der Waals surface area (Å²) < 4.78 is 0. The summed E-state index contributed by atoms with van der Waals surface area (Å²) in [4.78, 5) is 10.9. The van der Waals surface area contributed by atoms with Gasteiger partial charge in [-0.15, -0.1) is 0 Å². The van der Waals surface area contributed by atoms with Crippen molar-refractivity contribution >= 4 is 23.2 Å². The van der Waals surface area contributed by atoms with E-state index < -0.39 is 11.4 Å². The summed E-state index contributed by atoms with van der Waals surface area (Å²) >= 11 is 5.87. The van der Waals surface area contributed by atoms with Crippen molar-refractivity contribution in [2.24, 2.45) is 5.73 Å². The lowest BCUT2D eigenvalue weighted by molar-refractivity contribution is -0.118. The molecule has 1 aromatic rings. The summed E-state index contributed by atoms with van der Waals surface area (Å²) in [5.74, 6) is -0.400. The number of nitriles is 1. The highest BCUT2D eigenvalue weighted by atomic mass is 35.5. The molecule has 90 valence electrons. The van der Waals surface area contributed by atoms with Crippen molar-refractivity contribution in [3.05, 3.63) is 28.8 Å². The number of hydrogen-bond donors (Lipinski definition) is 2. The maximum Gasteiger partial charge on any atom is 0.219 e. The van der Waals surface area contributed by atoms with Gasteiger partial charge in [-0.1, -0.05) is 11.6 Å². The fourth-order valence-corrected chi connectivity index (χ4v) is 1.73. The van der Waals surface area contributed by atoms with Crippen LogP contribution < -0.4 is 11.1 Å². The number of nitrogens with one attached hydrogen (secondary N) is 1. The molecule has 4 nitrogen and oxygen atoms in total. The zero-order valence-corrected chi connectivity index (χ0v) is 10.5. The molecule has 1 aromatic carbocycles. The quantitative estimate of drug-likeness (QED) is 0.862. The topological polar surface area (TPSA) is 78.9 Å². The molecule has 0 unspecified atom stereocenters. The van der Waals surface area contributed by atoms with Gasteiger partial charge in [0.15, 0.2) is 0 Å². The molecule has 17 heavy (non-hydrogen) atoms. The summed E-state index contributed by atoms with van der Waals surface area (Å²) in [5, 5.41) is 12.6. The normalized spacial score (nSPS) is 10.7. The lowest BCUT2D eigenvalue weighted by atomic mass is 9.99. The highest BCUT2D eigenvalue weighted by Gasteiger charge is 2.21. The smallest absolute Gasteiger partial charge is 0.219 e. The van der Waals surface area contributed by atoms with Crippen LogP contribution in [-0.4, -0.2) is 11.4 Å². The van der Waals surface area contributed by atoms with Crippen LogP contribution >= 0.6 is 11.6 Å². The van der Waals surface area contributed by atoms with E-state index in [9.17, 15) is 4.79 Å². The molecule has 1 rings (SSSR count). The molecule has 0 aliphatic rings. The lowest BCUT2D eigenvalue weighted by Gasteiger charge is -2.26. The van der Waals surface area contributed by atoms with Crippen LogP contribution in [0, 0.1) is 11.3 Å². The molecule has 0 atom stereocenters. The zero-order chi connectivity index (χ0) is 13.1. The Hall–Kier alpha value is -1.73. The van der Waals surface area contributed by atoms with Crippen molar-refractivity contribution in [3.63, 3.8) is 0 Å². The highest BCUT2D eigenvalue weighted by molar-refractivity contribution is 6.30. The minimum atomic E-state index is -0.526. The Morgan fingerprint density at radius 1 is 1.59 bits per heavy atom. The first-order valence-electron chi connectivity index (χ1n) is 5.10. The van der Waals surface area contributed by atoms with E-state index in [1.807, 2.05) is 13.8 Å². The van der Waals surface area contributed by atoms with Crippen molar-refractivity contribution in [1.29, 1.82) is 5.26 Å². The molecule has 0 bridgehead atoms. The van der Waals surface area contributed by atoms with Gasteiger partial charge in [-0.25, -0.2) is 0 Å². The van der Waals surface area contributed by atoms with Gasteiger partial charge in [0, 0.05) is 17.0 Å². The maximum atomic E-state index is 10.9. The van der Waals surface area contributed by atoms with Gasteiger partial charge >= 0.3 is 0 Å². The number of carbonyl (C=O) groups excluding carboxylic acids is 1. The SMILES string of the molecule is CC(C)(CC(N)=O)Nc1cc(Cl)ccc1C#N. The minimum Gasteiger partial charge on any atom is -0.379 e. The second-order valence-electron chi connectivity index (χ2n) is 4.45. The van der Waals surface area contributed by atoms with E-state index in [4.69, 9.17) is 22.6 Å². The Kier molecular flexibility index (Phi) is 3.97. The largest absolute Gasteiger partial charge is 0.379 e. The Morgan fingerprint density at radius 3 is 2.76 bits per heavy atom. The van der Waals surface area contributed by atoms with Crippen molar-refractivity contribution in [3.8, 4) is 6.07 Å². The van der Waals surface area contributed by atoms with Gasteiger partial charge in [0.25, 0.3) is 0 Å². The molecule has 5 heteroatoms.